The van der Waals surface area contributed by atoms with Gasteiger partial charge in [-0.05, 0) is 18.4 Å². The van der Waals surface area contributed by atoms with Crippen molar-refractivity contribution in [3.8, 4) is 0 Å². The van der Waals surface area contributed by atoms with Crippen LogP contribution < -0.4 is 4.90 Å². The first-order chi connectivity index (χ1) is 9.43. The Hall–Kier alpha value is -2.18. The topological polar surface area (TPSA) is 83.7 Å². The molecule has 1 aromatic carbocycles. The Bertz CT molecular complexity index is 562. The van der Waals surface area contributed by atoms with Gasteiger partial charge in [0.25, 0.3) is 5.69 Å². The summed E-state index contributed by atoms with van der Waals surface area (Å²) < 4.78 is 14.0. The maximum atomic E-state index is 14.0. The van der Waals surface area contributed by atoms with Gasteiger partial charge in [0.1, 0.15) is 5.56 Å². The smallest absolute Gasteiger partial charge is 0.342 e. The summed E-state index contributed by atoms with van der Waals surface area (Å²) in [6.07, 6.45) is 1.88. The summed E-state index contributed by atoms with van der Waals surface area (Å²) in [4.78, 5) is 22.7. The molecule has 1 heterocycles. The Labute approximate surface area is 115 Å². The van der Waals surface area contributed by atoms with Gasteiger partial charge in [0, 0.05) is 13.1 Å². The zero-order valence-electron chi connectivity index (χ0n) is 11.0. The van der Waals surface area contributed by atoms with Crippen LogP contribution in [0.3, 0.4) is 0 Å². The van der Waals surface area contributed by atoms with Crippen LogP contribution in [0.1, 0.15) is 30.1 Å². The number of benzene rings is 1. The molecule has 1 aromatic rings. The molecule has 1 saturated heterocycles. The Morgan fingerprint density at radius 1 is 1.60 bits per heavy atom. The molecular formula is C13H15FN2O4. The average Bonchev–Trinajstić information content (AvgIpc) is 2.86. The number of hydrogen-bond acceptors (Lipinski definition) is 4. The lowest BCUT2D eigenvalue weighted by molar-refractivity contribution is -0.385. The fraction of sp³-hybridized carbons (Fsp3) is 0.462. The lowest BCUT2D eigenvalue weighted by Gasteiger charge is -2.19. The highest BCUT2D eigenvalue weighted by molar-refractivity contribution is 5.93. The molecule has 1 fully saturated rings. The Morgan fingerprint density at radius 3 is 2.80 bits per heavy atom. The summed E-state index contributed by atoms with van der Waals surface area (Å²) in [5.41, 5.74) is -1.07. The van der Waals surface area contributed by atoms with Crippen LogP contribution in [-0.2, 0) is 0 Å². The third-order valence-corrected chi connectivity index (χ3v) is 3.70. The molecular weight excluding hydrogens is 267 g/mol. The molecule has 108 valence electrons. The Balaban J connectivity index is 2.42. The number of carboxylic acids is 1. The van der Waals surface area contributed by atoms with Crippen molar-refractivity contribution in [3.63, 3.8) is 0 Å². The van der Waals surface area contributed by atoms with Crippen molar-refractivity contribution in [2.75, 3.05) is 18.0 Å². The number of rotatable bonds is 4. The van der Waals surface area contributed by atoms with Crippen molar-refractivity contribution >= 4 is 17.3 Å². The van der Waals surface area contributed by atoms with Crippen LogP contribution in [0.2, 0.25) is 0 Å². The van der Waals surface area contributed by atoms with Gasteiger partial charge in [-0.25, -0.2) is 9.18 Å². The van der Waals surface area contributed by atoms with E-state index in [2.05, 4.69) is 0 Å². The van der Waals surface area contributed by atoms with Gasteiger partial charge in [-0.3, -0.25) is 10.1 Å². The quantitative estimate of drug-likeness (QED) is 0.678. The fourth-order valence-corrected chi connectivity index (χ4v) is 2.50. The summed E-state index contributed by atoms with van der Waals surface area (Å²) in [5, 5.41) is 19.8. The summed E-state index contributed by atoms with van der Waals surface area (Å²) in [6, 6.07) is 1.76. The van der Waals surface area contributed by atoms with Crippen molar-refractivity contribution in [3.05, 3.63) is 33.6 Å². The van der Waals surface area contributed by atoms with Gasteiger partial charge in [0.2, 0.25) is 0 Å². The van der Waals surface area contributed by atoms with E-state index >= 15 is 0 Å². The number of aromatic carboxylic acids is 1. The number of hydrogen-bond donors (Lipinski definition) is 1. The van der Waals surface area contributed by atoms with Crippen LogP contribution in [0.5, 0.6) is 0 Å². The minimum absolute atomic E-state index is 0.129. The van der Waals surface area contributed by atoms with E-state index in [9.17, 15) is 19.3 Å². The van der Waals surface area contributed by atoms with Crippen LogP contribution in [0.4, 0.5) is 15.8 Å². The molecule has 0 amide bonds. The van der Waals surface area contributed by atoms with Gasteiger partial charge < -0.3 is 10.0 Å². The molecule has 0 saturated carbocycles. The predicted molar refractivity (Wildman–Crippen MR) is 70.6 cm³/mol. The molecule has 0 aliphatic carbocycles. The zero-order chi connectivity index (χ0) is 14.9. The number of nitro groups is 1. The number of carboxylic acid groups (broad SMARTS) is 1. The molecule has 0 aromatic heterocycles. The molecule has 6 nitrogen and oxygen atoms in total. The van der Waals surface area contributed by atoms with Crippen LogP contribution in [0.25, 0.3) is 0 Å². The normalized spacial score (nSPS) is 18.3. The highest BCUT2D eigenvalue weighted by Gasteiger charge is 2.28. The number of carbonyl (C=O) groups is 1. The van der Waals surface area contributed by atoms with Gasteiger partial charge in [0.05, 0.1) is 16.7 Å². The second-order valence-electron chi connectivity index (χ2n) is 4.89. The molecule has 1 unspecified atom stereocenters. The highest BCUT2D eigenvalue weighted by Crippen LogP contribution is 2.32. The minimum Gasteiger partial charge on any atom is -0.477 e. The van der Waals surface area contributed by atoms with E-state index in [1.807, 2.05) is 6.92 Å². The fourth-order valence-electron chi connectivity index (χ4n) is 2.50. The van der Waals surface area contributed by atoms with Gasteiger partial charge in [-0.15, -0.1) is 0 Å². The van der Waals surface area contributed by atoms with Crippen LogP contribution in [0.15, 0.2) is 12.1 Å². The van der Waals surface area contributed by atoms with Crippen LogP contribution in [0, 0.1) is 21.8 Å². The summed E-state index contributed by atoms with van der Waals surface area (Å²) >= 11 is 0. The molecule has 1 N–H and O–H groups in total. The second kappa shape index (κ2) is 5.44. The minimum atomic E-state index is -1.43. The van der Waals surface area contributed by atoms with E-state index in [0.717, 1.165) is 18.9 Å². The predicted octanol–water partition coefficient (Wildman–Crippen LogP) is 2.67. The molecule has 0 radical (unpaired) electrons. The molecule has 1 aliphatic rings. The largest absolute Gasteiger partial charge is 0.477 e. The number of anilines is 1. The van der Waals surface area contributed by atoms with Crippen molar-refractivity contribution in [2.45, 2.75) is 19.8 Å². The molecule has 0 spiro atoms. The lowest BCUT2D eigenvalue weighted by atomic mass is 10.1. The van der Waals surface area contributed by atoms with Gasteiger partial charge in [-0.2, -0.15) is 0 Å². The third kappa shape index (κ3) is 2.56. The van der Waals surface area contributed by atoms with Crippen molar-refractivity contribution in [1.29, 1.82) is 0 Å². The SMILES string of the molecule is CCC1CCN(c2cc(C(=O)O)c([N+](=O)[O-])cc2F)C1. The zero-order valence-corrected chi connectivity index (χ0v) is 11.0. The average molecular weight is 282 g/mol. The molecule has 20 heavy (non-hydrogen) atoms. The summed E-state index contributed by atoms with van der Waals surface area (Å²) in [7, 11) is 0. The molecule has 0 bridgehead atoms. The molecule has 1 aliphatic heterocycles. The van der Waals surface area contributed by atoms with E-state index in [-0.39, 0.29) is 5.69 Å². The lowest BCUT2D eigenvalue weighted by Crippen LogP contribution is -2.21. The first-order valence-corrected chi connectivity index (χ1v) is 6.40. The highest BCUT2D eigenvalue weighted by atomic mass is 19.1. The molecule has 7 heteroatoms. The number of halogens is 1. The van der Waals surface area contributed by atoms with Crippen LogP contribution >= 0.6 is 0 Å². The Morgan fingerprint density at radius 2 is 2.30 bits per heavy atom. The van der Waals surface area contributed by atoms with E-state index in [1.54, 1.807) is 4.90 Å². The van der Waals surface area contributed by atoms with Crippen molar-refractivity contribution in [2.24, 2.45) is 5.92 Å². The van der Waals surface area contributed by atoms with Crippen LogP contribution in [-0.4, -0.2) is 29.1 Å². The van der Waals surface area contributed by atoms with Gasteiger partial charge in [0.15, 0.2) is 5.82 Å². The third-order valence-electron chi connectivity index (χ3n) is 3.70. The Kier molecular flexibility index (Phi) is 3.87. The van der Waals surface area contributed by atoms with E-state index in [0.29, 0.717) is 25.1 Å². The monoisotopic (exact) mass is 282 g/mol. The van der Waals surface area contributed by atoms with E-state index in [4.69, 9.17) is 5.11 Å². The van der Waals surface area contributed by atoms with Gasteiger partial charge in [-0.1, -0.05) is 13.3 Å². The van der Waals surface area contributed by atoms with Crippen molar-refractivity contribution < 1.29 is 19.2 Å². The number of nitrogens with zero attached hydrogens (tertiary/aromatic N) is 2. The first-order valence-electron chi connectivity index (χ1n) is 6.40. The van der Waals surface area contributed by atoms with E-state index in [1.165, 1.54) is 0 Å². The standard InChI is InChI=1S/C13H15FN2O4/c1-2-8-3-4-15(7-8)12-5-9(13(17)18)11(16(19)20)6-10(12)14/h5-6,8H,2-4,7H2,1H3,(H,17,18). The van der Waals surface area contributed by atoms with E-state index < -0.39 is 28.0 Å². The first kappa shape index (κ1) is 14.2. The molecule has 2 rings (SSSR count). The van der Waals surface area contributed by atoms with Gasteiger partial charge >= 0.3 is 5.97 Å². The number of nitro benzene ring substituents is 1. The maximum Gasteiger partial charge on any atom is 0.342 e. The maximum absolute atomic E-state index is 14.0. The molecule has 1 atom stereocenters. The summed E-state index contributed by atoms with van der Waals surface area (Å²) in [6.45, 7) is 3.32. The second-order valence-corrected chi connectivity index (χ2v) is 4.89. The van der Waals surface area contributed by atoms with Crippen molar-refractivity contribution in [1.82, 2.24) is 0 Å². The summed E-state index contributed by atoms with van der Waals surface area (Å²) in [5.74, 6) is -1.74.